The fourth-order valence-electron chi connectivity index (χ4n) is 1.36. The number of hydrogen-bond donors (Lipinski definition) is 2. The highest BCUT2D eigenvalue weighted by molar-refractivity contribution is 9.11. The Bertz CT molecular complexity index is 517. The van der Waals surface area contributed by atoms with Crippen LogP contribution in [0.2, 0.25) is 0 Å². The van der Waals surface area contributed by atoms with E-state index in [9.17, 15) is 8.42 Å². The third kappa shape index (κ3) is 4.31. The van der Waals surface area contributed by atoms with Gasteiger partial charge in [-0.15, -0.1) is 0 Å². The van der Waals surface area contributed by atoms with Gasteiger partial charge in [-0.1, -0.05) is 15.9 Å². The molecule has 0 radical (unpaired) electrons. The smallest absolute Gasteiger partial charge is 0.241 e. The van der Waals surface area contributed by atoms with Crippen LogP contribution in [0.5, 0.6) is 0 Å². The molecule has 0 unspecified atom stereocenters. The number of halogens is 2. The summed E-state index contributed by atoms with van der Waals surface area (Å²) < 4.78 is 27.9. The van der Waals surface area contributed by atoms with Gasteiger partial charge in [-0.05, 0) is 53.4 Å². The van der Waals surface area contributed by atoms with Gasteiger partial charge in [0, 0.05) is 22.1 Å². The Kier molecular flexibility index (Phi) is 6.26. The van der Waals surface area contributed by atoms with Crippen LogP contribution in [0, 0.1) is 6.92 Å². The number of unbranched alkanes of at least 4 members (excludes halogenated alkanes) is 1. The van der Waals surface area contributed by atoms with Gasteiger partial charge in [0.05, 0.1) is 4.90 Å². The quantitative estimate of drug-likeness (QED) is 0.721. The van der Waals surface area contributed by atoms with Crippen LogP contribution in [0.25, 0.3) is 0 Å². The van der Waals surface area contributed by atoms with Gasteiger partial charge in [-0.3, -0.25) is 0 Å². The maximum absolute atomic E-state index is 12.1. The van der Waals surface area contributed by atoms with Crippen molar-refractivity contribution in [2.75, 3.05) is 13.2 Å². The van der Waals surface area contributed by atoms with Crippen molar-refractivity contribution in [3.8, 4) is 0 Å². The maximum Gasteiger partial charge on any atom is 0.241 e. The zero-order valence-corrected chi connectivity index (χ0v) is 13.9. The molecule has 4 nitrogen and oxygen atoms in total. The molecule has 2 N–H and O–H groups in total. The number of aryl methyl sites for hydroxylation is 1. The molecule has 0 fully saturated rings. The Morgan fingerprint density at radius 1 is 1.22 bits per heavy atom. The third-order valence-corrected chi connectivity index (χ3v) is 5.65. The van der Waals surface area contributed by atoms with Gasteiger partial charge in [0.15, 0.2) is 0 Å². The fraction of sp³-hybridized carbons (Fsp3) is 0.455. The standard InChI is InChI=1S/C11H15Br2NO3S/c1-8-6-10(13)11(7-9(8)12)18(16,17)14-4-2-3-5-15/h6-7,14-15H,2-5H2,1H3. The predicted octanol–water partition coefficient (Wildman–Crippen LogP) is 2.57. The first kappa shape index (κ1) is 16.1. The van der Waals surface area contributed by atoms with Crippen molar-refractivity contribution in [1.82, 2.24) is 4.72 Å². The van der Waals surface area contributed by atoms with Gasteiger partial charge < -0.3 is 5.11 Å². The molecule has 102 valence electrons. The van der Waals surface area contributed by atoms with Crippen molar-refractivity contribution in [2.24, 2.45) is 0 Å². The molecule has 0 aliphatic rings. The van der Waals surface area contributed by atoms with Crippen molar-refractivity contribution in [3.63, 3.8) is 0 Å². The lowest BCUT2D eigenvalue weighted by atomic mass is 10.2. The monoisotopic (exact) mass is 399 g/mol. The lowest BCUT2D eigenvalue weighted by Gasteiger charge is -2.10. The van der Waals surface area contributed by atoms with Gasteiger partial charge in [0.25, 0.3) is 0 Å². The third-order valence-electron chi connectivity index (χ3n) is 2.38. The number of aliphatic hydroxyl groups is 1. The summed E-state index contributed by atoms with van der Waals surface area (Å²) >= 11 is 6.58. The number of rotatable bonds is 6. The fourth-order valence-corrected chi connectivity index (χ4v) is 4.10. The van der Waals surface area contributed by atoms with Crippen molar-refractivity contribution >= 4 is 41.9 Å². The van der Waals surface area contributed by atoms with E-state index in [1.165, 1.54) is 0 Å². The second-order valence-electron chi connectivity index (χ2n) is 3.86. The van der Waals surface area contributed by atoms with Gasteiger partial charge in [-0.2, -0.15) is 0 Å². The first-order valence-electron chi connectivity index (χ1n) is 5.44. The molecule has 1 aromatic carbocycles. The molecule has 0 saturated carbocycles. The summed E-state index contributed by atoms with van der Waals surface area (Å²) in [4.78, 5) is 0.212. The molecular formula is C11H15Br2NO3S. The van der Waals surface area contributed by atoms with E-state index in [0.29, 0.717) is 23.9 Å². The maximum atomic E-state index is 12.1. The molecule has 1 rings (SSSR count). The van der Waals surface area contributed by atoms with E-state index in [1.54, 1.807) is 12.1 Å². The Morgan fingerprint density at radius 2 is 1.89 bits per heavy atom. The molecule has 0 spiro atoms. The molecule has 1 aromatic rings. The first-order valence-corrected chi connectivity index (χ1v) is 8.51. The molecule has 0 aromatic heterocycles. The SMILES string of the molecule is Cc1cc(Br)c(S(=O)(=O)NCCCCO)cc1Br. The summed E-state index contributed by atoms with van der Waals surface area (Å²) in [7, 11) is -3.52. The highest BCUT2D eigenvalue weighted by Gasteiger charge is 2.18. The number of hydrogen-bond acceptors (Lipinski definition) is 3. The molecule has 0 amide bonds. The molecule has 0 aliphatic carbocycles. The average molecular weight is 401 g/mol. The van der Waals surface area contributed by atoms with Crippen LogP contribution < -0.4 is 4.72 Å². The van der Waals surface area contributed by atoms with Crippen LogP contribution >= 0.6 is 31.9 Å². The summed E-state index contributed by atoms with van der Waals surface area (Å²) in [5, 5.41) is 8.63. The summed E-state index contributed by atoms with van der Waals surface area (Å²) in [5.41, 5.74) is 0.959. The molecule has 0 heterocycles. The minimum absolute atomic E-state index is 0.0709. The second-order valence-corrected chi connectivity index (χ2v) is 7.30. The van der Waals surface area contributed by atoms with Crippen LogP contribution in [0.15, 0.2) is 26.0 Å². The Hall–Kier alpha value is 0.0500. The average Bonchev–Trinajstić information content (AvgIpc) is 2.29. The van der Waals surface area contributed by atoms with E-state index in [2.05, 4.69) is 36.6 Å². The normalized spacial score (nSPS) is 11.8. The number of benzene rings is 1. The molecule has 0 saturated heterocycles. The van der Waals surface area contributed by atoms with Crippen LogP contribution in [-0.2, 0) is 10.0 Å². The van der Waals surface area contributed by atoms with E-state index in [4.69, 9.17) is 5.11 Å². The molecule has 7 heteroatoms. The van der Waals surface area contributed by atoms with E-state index < -0.39 is 10.0 Å². The van der Waals surface area contributed by atoms with Crippen molar-refractivity contribution in [2.45, 2.75) is 24.7 Å². The van der Waals surface area contributed by atoms with Gasteiger partial charge in [-0.25, -0.2) is 13.1 Å². The van der Waals surface area contributed by atoms with Crippen LogP contribution in [0.4, 0.5) is 0 Å². The Balaban J connectivity index is 2.88. The number of nitrogens with one attached hydrogen (secondary N) is 1. The molecule has 0 aliphatic heterocycles. The van der Waals surface area contributed by atoms with Gasteiger partial charge >= 0.3 is 0 Å². The predicted molar refractivity (Wildman–Crippen MR) is 78.1 cm³/mol. The molecule has 0 bridgehead atoms. The summed E-state index contributed by atoms with van der Waals surface area (Å²) in [6.07, 6.45) is 1.20. The molecule has 0 atom stereocenters. The molecule has 18 heavy (non-hydrogen) atoms. The Labute approximate surface area is 124 Å². The van der Waals surface area contributed by atoms with Crippen LogP contribution in [-0.4, -0.2) is 26.7 Å². The van der Waals surface area contributed by atoms with Crippen molar-refractivity contribution < 1.29 is 13.5 Å². The van der Waals surface area contributed by atoms with E-state index in [0.717, 1.165) is 10.0 Å². The molecular weight excluding hydrogens is 386 g/mol. The topological polar surface area (TPSA) is 66.4 Å². The minimum Gasteiger partial charge on any atom is -0.396 e. The van der Waals surface area contributed by atoms with Gasteiger partial charge in [0.2, 0.25) is 10.0 Å². The van der Waals surface area contributed by atoms with E-state index >= 15 is 0 Å². The zero-order chi connectivity index (χ0) is 13.8. The summed E-state index contributed by atoms with van der Waals surface area (Å²) in [6, 6.07) is 3.33. The van der Waals surface area contributed by atoms with E-state index in [-0.39, 0.29) is 11.5 Å². The first-order chi connectivity index (χ1) is 8.38. The largest absolute Gasteiger partial charge is 0.396 e. The lowest BCUT2D eigenvalue weighted by molar-refractivity contribution is 0.285. The minimum atomic E-state index is -3.52. The number of aliphatic hydroxyl groups excluding tert-OH is 1. The van der Waals surface area contributed by atoms with Crippen LogP contribution in [0.1, 0.15) is 18.4 Å². The Morgan fingerprint density at radius 3 is 2.50 bits per heavy atom. The van der Waals surface area contributed by atoms with Crippen molar-refractivity contribution in [3.05, 3.63) is 26.6 Å². The summed E-state index contributed by atoms with van der Waals surface area (Å²) in [6.45, 7) is 2.28. The number of sulfonamides is 1. The van der Waals surface area contributed by atoms with Crippen LogP contribution in [0.3, 0.4) is 0 Å². The zero-order valence-electron chi connectivity index (χ0n) is 9.91. The van der Waals surface area contributed by atoms with Gasteiger partial charge in [0.1, 0.15) is 0 Å². The summed E-state index contributed by atoms with van der Waals surface area (Å²) in [5.74, 6) is 0. The van der Waals surface area contributed by atoms with Crippen molar-refractivity contribution in [1.29, 1.82) is 0 Å². The van der Waals surface area contributed by atoms with E-state index in [1.807, 2.05) is 6.92 Å². The highest BCUT2D eigenvalue weighted by Crippen LogP contribution is 2.28. The highest BCUT2D eigenvalue weighted by atomic mass is 79.9. The lowest BCUT2D eigenvalue weighted by Crippen LogP contribution is -2.25. The second kappa shape index (κ2) is 7.00.